The highest BCUT2D eigenvalue weighted by Gasteiger charge is 2.06. The zero-order valence-corrected chi connectivity index (χ0v) is 12.9. The van der Waals surface area contributed by atoms with Crippen LogP contribution in [0.1, 0.15) is 0 Å². The van der Waals surface area contributed by atoms with Gasteiger partial charge in [-0.3, -0.25) is 0 Å². The molecule has 0 spiro atoms. The Morgan fingerprint density at radius 1 is 1.11 bits per heavy atom. The number of rotatable bonds is 2. The van der Waals surface area contributed by atoms with Crippen LogP contribution in [0.5, 0.6) is 0 Å². The van der Waals surface area contributed by atoms with Crippen molar-refractivity contribution >= 4 is 60.2 Å². The molecule has 0 fully saturated rings. The predicted octanol–water partition coefficient (Wildman–Crippen LogP) is 4.41. The number of benzene rings is 2. The number of nitrogens with two attached hydrogens (primary N) is 1. The van der Waals surface area contributed by atoms with E-state index in [2.05, 4.69) is 47.1 Å². The Labute approximate surface area is 126 Å². The van der Waals surface area contributed by atoms with Gasteiger partial charge in [-0.25, -0.2) is 4.98 Å². The molecule has 0 saturated carbocycles. The Morgan fingerprint density at radius 2 is 1.95 bits per heavy atom. The van der Waals surface area contributed by atoms with Crippen LogP contribution in [0.25, 0.3) is 11.0 Å². The second-order valence-electron chi connectivity index (χ2n) is 4.11. The van der Waals surface area contributed by atoms with Gasteiger partial charge in [0.1, 0.15) is 0 Å². The van der Waals surface area contributed by atoms with Gasteiger partial charge >= 0.3 is 0 Å². The number of halogens is 2. The van der Waals surface area contributed by atoms with E-state index in [1.54, 1.807) is 0 Å². The summed E-state index contributed by atoms with van der Waals surface area (Å²) >= 11 is 6.94. The minimum Gasteiger partial charge on any atom is -0.399 e. The normalized spacial score (nSPS) is 10.8. The number of nitrogens with one attached hydrogen (secondary N) is 2. The van der Waals surface area contributed by atoms with E-state index in [4.69, 9.17) is 5.73 Å². The summed E-state index contributed by atoms with van der Waals surface area (Å²) in [6.07, 6.45) is 0. The summed E-state index contributed by atoms with van der Waals surface area (Å²) in [5.74, 6) is 0.680. The number of nitrogens with zero attached hydrogens (tertiary/aromatic N) is 1. The fourth-order valence-corrected chi connectivity index (χ4v) is 2.51. The molecular formula is C13H10Br2N4. The van der Waals surface area contributed by atoms with Gasteiger partial charge in [0.25, 0.3) is 0 Å². The number of aromatic nitrogens is 2. The van der Waals surface area contributed by atoms with E-state index >= 15 is 0 Å². The topological polar surface area (TPSA) is 66.7 Å². The third kappa shape index (κ3) is 2.59. The average molecular weight is 382 g/mol. The largest absolute Gasteiger partial charge is 0.399 e. The number of hydrogen-bond acceptors (Lipinski definition) is 3. The van der Waals surface area contributed by atoms with Crippen molar-refractivity contribution in [3.63, 3.8) is 0 Å². The highest BCUT2D eigenvalue weighted by Crippen LogP contribution is 2.29. The number of H-pyrrole nitrogens is 1. The van der Waals surface area contributed by atoms with E-state index in [0.29, 0.717) is 11.6 Å². The Hall–Kier alpha value is -1.53. The summed E-state index contributed by atoms with van der Waals surface area (Å²) in [5.41, 5.74) is 9.18. The van der Waals surface area contributed by atoms with Crippen molar-refractivity contribution in [2.24, 2.45) is 0 Å². The quantitative estimate of drug-likeness (QED) is 0.576. The molecule has 0 aliphatic carbocycles. The highest BCUT2D eigenvalue weighted by atomic mass is 79.9. The number of imidazole rings is 1. The van der Waals surface area contributed by atoms with Gasteiger partial charge in [0, 0.05) is 14.6 Å². The number of aromatic amines is 1. The van der Waals surface area contributed by atoms with Crippen LogP contribution in [0.3, 0.4) is 0 Å². The molecule has 2 aromatic carbocycles. The smallest absolute Gasteiger partial charge is 0.205 e. The fourth-order valence-electron chi connectivity index (χ4n) is 1.81. The summed E-state index contributed by atoms with van der Waals surface area (Å²) in [6.45, 7) is 0. The molecule has 4 nitrogen and oxygen atoms in total. The lowest BCUT2D eigenvalue weighted by atomic mass is 10.3. The lowest BCUT2D eigenvalue weighted by molar-refractivity contribution is 1.30. The second kappa shape index (κ2) is 4.86. The Kier molecular flexibility index (Phi) is 3.20. The van der Waals surface area contributed by atoms with Gasteiger partial charge in [0.05, 0.1) is 16.7 Å². The van der Waals surface area contributed by atoms with Crippen molar-refractivity contribution < 1.29 is 0 Å². The molecule has 0 radical (unpaired) electrons. The maximum Gasteiger partial charge on any atom is 0.205 e. The predicted molar refractivity (Wildman–Crippen MR) is 85.6 cm³/mol. The summed E-state index contributed by atoms with van der Waals surface area (Å²) in [7, 11) is 0. The monoisotopic (exact) mass is 380 g/mol. The first-order valence-corrected chi connectivity index (χ1v) is 7.18. The lowest BCUT2D eigenvalue weighted by Gasteiger charge is -2.05. The maximum atomic E-state index is 5.75. The summed E-state index contributed by atoms with van der Waals surface area (Å²) in [6, 6.07) is 11.5. The Balaban J connectivity index is 1.98. The van der Waals surface area contributed by atoms with Crippen LogP contribution in [-0.4, -0.2) is 9.97 Å². The van der Waals surface area contributed by atoms with Gasteiger partial charge in [0.2, 0.25) is 5.95 Å². The van der Waals surface area contributed by atoms with Crippen LogP contribution >= 0.6 is 31.9 Å². The molecule has 3 rings (SSSR count). The average Bonchev–Trinajstić information content (AvgIpc) is 2.75. The first-order chi connectivity index (χ1) is 9.11. The maximum absolute atomic E-state index is 5.75. The van der Waals surface area contributed by atoms with Crippen molar-refractivity contribution in [2.75, 3.05) is 11.1 Å². The van der Waals surface area contributed by atoms with Gasteiger partial charge in [-0.15, -0.1) is 0 Å². The van der Waals surface area contributed by atoms with Gasteiger partial charge in [-0.05, 0) is 52.3 Å². The van der Waals surface area contributed by atoms with Crippen molar-refractivity contribution in [1.29, 1.82) is 0 Å². The third-order valence-electron chi connectivity index (χ3n) is 2.69. The first kappa shape index (κ1) is 12.5. The number of anilines is 3. The highest BCUT2D eigenvalue weighted by molar-refractivity contribution is 9.11. The zero-order chi connectivity index (χ0) is 13.4. The molecule has 4 N–H and O–H groups in total. The third-order valence-corrected chi connectivity index (χ3v) is 3.87. The molecule has 0 atom stereocenters. The molecule has 0 aliphatic heterocycles. The SMILES string of the molecule is Nc1ccc2nc(Nc3cc(Br)ccc3Br)[nH]c2c1. The minimum absolute atomic E-state index is 0.680. The van der Waals surface area contributed by atoms with Crippen LogP contribution in [0, 0.1) is 0 Å². The van der Waals surface area contributed by atoms with Crippen molar-refractivity contribution in [2.45, 2.75) is 0 Å². The summed E-state index contributed by atoms with van der Waals surface area (Å²) in [5, 5.41) is 3.24. The van der Waals surface area contributed by atoms with E-state index < -0.39 is 0 Å². The van der Waals surface area contributed by atoms with E-state index in [1.165, 1.54) is 0 Å². The van der Waals surface area contributed by atoms with Crippen molar-refractivity contribution in [3.8, 4) is 0 Å². The molecule has 0 aliphatic rings. The van der Waals surface area contributed by atoms with Crippen molar-refractivity contribution in [3.05, 3.63) is 45.3 Å². The standard InChI is InChI=1S/C13H10Br2N4/c14-7-1-3-9(15)11(5-7)18-13-17-10-4-2-8(16)6-12(10)19-13/h1-6H,16H2,(H2,17,18,19). The minimum atomic E-state index is 0.680. The van der Waals surface area contributed by atoms with Gasteiger partial charge in [0.15, 0.2) is 0 Å². The van der Waals surface area contributed by atoms with Crippen LogP contribution in [-0.2, 0) is 0 Å². The second-order valence-corrected chi connectivity index (χ2v) is 5.88. The van der Waals surface area contributed by atoms with Crippen LogP contribution in [0.2, 0.25) is 0 Å². The summed E-state index contributed by atoms with van der Waals surface area (Å²) in [4.78, 5) is 7.65. The van der Waals surface area contributed by atoms with Gasteiger partial charge in [-0.1, -0.05) is 15.9 Å². The van der Waals surface area contributed by atoms with E-state index in [-0.39, 0.29) is 0 Å². The molecule has 0 saturated heterocycles. The molecule has 0 unspecified atom stereocenters. The van der Waals surface area contributed by atoms with Crippen LogP contribution in [0.4, 0.5) is 17.3 Å². The molecule has 3 aromatic rings. The summed E-state index contributed by atoms with van der Waals surface area (Å²) < 4.78 is 1.97. The van der Waals surface area contributed by atoms with Crippen molar-refractivity contribution in [1.82, 2.24) is 9.97 Å². The van der Waals surface area contributed by atoms with Crippen LogP contribution in [0.15, 0.2) is 45.3 Å². The molecule has 1 heterocycles. The number of hydrogen-bond donors (Lipinski definition) is 3. The Morgan fingerprint density at radius 3 is 2.79 bits per heavy atom. The number of nitrogen functional groups attached to an aromatic ring is 1. The van der Waals surface area contributed by atoms with E-state index in [9.17, 15) is 0 Å². The molecule has 0 amide bonds. The van der Waals surface area contributed by atoms with E-state index in [0.717, 1.165) is 25.7 Å². The lowest BCUT2D eigenvalue weighted by Crippen LogP contribution is -1.93. The molecule has 19 heavy (non-hydrogen) atoms. The zero-order valence-electron chi connectivity index (χ0n) is 9.74. The van der Waals surface area contributed by atoms with E-state index in [1.807, 2.05) is 36.4 Å². The van der Waals surface area contributed by atoms with Gasteiger partial charge < -0.3 is 16.0 Å². The number of fused-ring (bicyclic) bond motifs is 1. The molecule has 96 valence electrons. The first-order valence-electron chi connectivity index (χ1n) is 5.59. The Bertz CT molecular complexity index is 751. The molecule has 0 bridgehead atoms. The fraction of sp³-hybridized carbons (Fsp3) is 0. The molecule has 1 aromatic heterocycles. The molecule has 6 heteroatoms. The molecular weight excluding hydrogens is 372 g/mol. The van der Waals surface area contributed by atoms with Crippen LogP contribution < -0.4 is 11.1 Å². The van der Waals surface area contributed by atoms with Gasteiger partial charge in [-0.2, -0.15) is 0 Å².